The van der Waals surface area contributed by atoms with Crippen LogP contribution < -0.4 is 20.1 Å². The van der Waals surface area contributed by atoms with Gasteiger partial charge in [-0.2, -0.15) is 0 Å². The molecule has 0 bridgehead atoms. The number of nitrogens with two attached hydrogens (primary N) is 1. The third-order valence-electron chi connectivity index (χ3n) is 3.45. The molecule has 0 unspecified atom stereocenters. The Balaban J connectivity index is 2.03. The van der Waals surface area contributed by atoms with Gasteiger partial charge in [0.25, 0.3) is 5.91 Å². The van der Waals surface area contributed by atoms with Crippen molar-refractivity contribution in [2.24, 2.45) is 0 Å². The van der Waals surface area contributed by atoms with E-state index in [0.717, 1.165) is 5.69 Å². The third-order valence-corrected chi connectivity index (χ3v) is 3.45. The normalized spacial score (nSPS) is 13.3. The second-order valence-electron chi connectivity index (χ2n) is 4.70. The molecule has 0 saturated heterocycles. The summed E-state index contributed by atoms with van der Waals surface area (Å²) in [4.78, 5) is 14.5. The van der Waals surface area contributed by atoms with Crippen LogP contribution in [0.1, 0.15) is 10.4 Å². The SMILES string of the molecule is COc1c(N)cccc1C(=O)N1CCOc2ccccc21. The lowest BCUT2D eigenvalue weighted by molar-refractivity contribution is 0.0973. The highest BCUT2D eigenvalue weighted by Crippen LogP contribution is 2.34. The molecule has 3 rings (SSSR count). The van der Waals surface area contributed by atoms with Gasteiger partial charge in [-0.05, 0) is 24.3 Å². The van der Waals surface area contributed by atoms with Crippen LogP contribution in [0.2, 0.25) is 0 Å². The number of fused-ring (bicyclic) bond motifs is 1. The van der Waals surface area contributed by atoms with Gasteiger partial charge >= 0.3 is 0 Å². The van der Waals surface area contributed by atoms with E-state index in [-0.39, 0.29) is 5.91 Å². The zero-order valence-electron chi connectivity index (χ0n) is 11.7. The first-order valence-corrected chi connectivity index (χ1v) is 6.68. The van der Waals surface area contributed by atoms with Crippen LogP contribution in [0.4, 0.5) is 11.4 Å². The molecule has 2 N–H and O–H groups in total. The van der Waals surface area contributed by atoms with Crippen molar-refractivity contribution < 1.29 is 14.3 Å². The largest absolute Gasteiger partial charge is 0.494 e. The number of hydrogen-bond donors (Lipinski definition) is 1. The summed E-state index contributed by atoms with van der Waals surface area (Å²) in [6, 6.07) is 12.7. The lowest BCUT2D eigenvalue weighted by atomic mass is 10.1. The minimum Gasteiger partial charge on any atom is -0.494 e. The quantitative estimate of drug-likeness (QED) is 0.860. The number of amides is 1. The molecule has 5 heteroatoms. The maximum Gasteiger partial charge on any atom is 0.262 e. The van der Waals surface area contributed by atoms with Gasteiger partial charge in [0.1, 0.15) is 12.4 Å². The number of carbonyl (C=O) groups excluding carboxylic acids is 1. The first kappa shape index (κ1) is 13.3. The van der Waals surface area contributed by atoms with Gasteiger partial charge in [-0.15, -0.1) is 0 Å². The maximum atomic E-state index is 12.8. The van der Waals surface area contributed by atoms with E-state index < -0.39 is 0 Å². The van der Waals surface area contributed by atoms with Gasteiger partial charge in [-0.25, -0.2) is 0 Å². The highest BCUT2D eigenvalue weighted by Gasteiger charge is 2.26. The van der Waals surface area contributed by atoms with Crippen LogP contribution in [0, 0.1) is 0 Å². The highest BCUT2D eigenvalue weighted by molar-refractivity contribution is 6.09. The van der Waals surface area contributed by atoms with E-state index >= 15 is 0 Å². The molecule has 0 radical (unpaired) electrons. The summed E-state index contributed by atoms with van der Waals surface area (Å²) >= 11 is 0. The molecular formula is C16H16N2O3. The number of anilines is 2. The third kappa shape index (κ3) is 2.27. The molecular weight excluding hydrogens is 268 g/mol. The molecule has 1 amide bonds. The van der Waals surface area contributed by atoms with Gasteiger partial charge in [0.15, 0.2) is 5.75 Å². The Kier molecular flexibility index (Phi) is 3.39. The fourth-order valence-corrected chi connectivity index (χ4v) is 2.48. The Hall–Kier alpha value is -2.69. The van der Waals surface area contributed by atoms with Gasteiger partial charge in [0.05, 0.1) is 30.6 Å². The van der Waals surface area contributed by atoms with E-state index in [1.807, 2.05) is 24.3 Å². The fraction of sp³-hybridized carbons (Fsp3) is 0.188. The van der Waals surface area contributed by atoms with Gasteiger partial charge < -0.3 is 20.1 Å². The van der Waals surface area contributed by atoms with Crippen LogP contribution in [-0.4, -0.2) is 26.2 Å². The summed E-state index contributed by atoms with van der Waals surface area (Å²) in [6.45, 7) is 0.960. The van der Waals surface area contributed by atoms with E-state index in [0.29, 0.717) is 35.9 Å². The Morgan fingerprint density at radius 1 is 1.24 bits per heavy atom. The lowest BCUT2D eigenvalue weighted by Gasteiger charge is -2.30. The molecule has 1 aliphatic heterocycles. The Labute approximate surface area is 122 Å². The summed E-state index contributed by atoms with van der Waals surface area (Å²) in [5.74, 6) is 0.973. The molecule has 1 aliphatic rings. The lowest BCUT2D eigenvalue weighted by Crippen LogP contribution is -2.38. The summed E-state index contributed by atoms with van der Waals surface area (Å²) < 4.78 is 10.8. The Morgan fingerprint density at radius 3 is 2.86 bits per heavy atom. The van der Waals surface area contributed by atoms with Crippen LogP contribution in [0.25, 0.3) is 0 Å². The molecule has 5 nitrogen and oxygen atoms in total. The van der Waals surface area contributed by atoms with Gasteiger partial charge in [-0.3, -0.25) is 4.79 Å². The Morgan fingerprint density at radius 2 is 2.05 bits per heavy atom. The molecule has 0 saturated carbocycles. The molecule has 2 aromatic carbocycles. The topological polar surface area (TPSA) is 64.8 Å². The predicted octanol–water partition coefficient (Wildman–Crippen LogP) is 2.32. The molecule has 0 aromatic heterocycles. The van der Waals surface area contributed by atoms with E-state index in [9.17, 15) is 4.79 Å². The number of rotatable bonds is 2. The van der Waals surface area contributed by atoms with Crippen molar-refractivity contribution in [3.8, 4) is 11.5 Å². The molecule has 0 spiro atoms. The van der Waals surface area contributed by atoms with Crippen molar-refractivity contribution in [1.29, 1.82) is 0 Å². The van der Waals surface area contributed by atoms with Crippen LogP contribution in [0.15, 0.2) is 42.5 Å². The molecule has 0 fully saturated rings. The smallest absolute Gasteiger partial charge is 0.262 e. The van der Waals surface area contributed by atoms with Crippen molar-refractivity contribution >= 4 is 17.3 Å². The number of ether oxygens (including phenoxy) is 2. The monoisotopic (exact) mass is 284 g/mol. The average molecular weight is 284 g/mol. The van der Waals surface area contributed by atoms with Crippen molar-refractivity contribution in [1.82, 2.24) is 0 Å². The highest BCUT2D eigenvalue weighted by atomic mass is 16.5. The number of carbonyl (C=O) groups is 1. The van der Waals surface area contributed by atoms with Crippen molar-refractivity contribution in [3.05, 3.63) is 48.0 Å². The van der Waals surface area contributed by atoms with Gasteiger partial charge in [0, 0.05) is 0 Å². The summed E-state index contributed by atoms with van der Waals surface area (Å²) in [5.41, 5.74) is 7.54. The van der Waals surface area contributed by atoms with Crippen LogP contribution in [-0.2, 0) is 0 Å². The van der Waals surface area contributed by atoms with E-state index in [2.05, 4.69) is 0 Å². The molecule has 2 aromatic rings. The average Bonchev–Trinajstić information content (AvgIpc) is 2.53. The number of nitrogen functional groups attached to an aromatic ring is 1. The molecule has 21 heavy (non-hydrogen) atoms. The molecule has 1 heterocycles. The molecule has 0 atom stereocenters. The van der Waals surface area contributed by atoms with Crippen LogP contribution in [0.3, 0.4) is 0 Å². The standard InChI is InChI=1S/C16H16N2O3/c1-20-15-11(5-4-6-12(15)17)16(19)18-9-10-21-14-8-3-2-7-13(14)18/h2-8H,9-10,17H2,1H3. The number of para-hydroxylation sites is 3. The number of methoxy groups -OCH3 is 1. The summed E-state index contributed by atoms with van der Waals surface area (Å²) in [5, 5.41) is 0. The zero-order chi connectivity index (χ0) is 14.8. The van der Waals surface area contributed by atoms with Gasteiger partial charge in [-0.1, -0.05) is 18.2 Å². The maximum absolute atomic E-state index is 12.8. The first-order valence-electron chi connectivity index (χ1n) is 6.68. The summed E-state index contributed by atoms with van der Waals surface area (Å²) in [6.07, 6.45) is 0. The van der Waals surface area contributed by atoms with Crippen LogP contribution >= 0.6 is 0 Å². The van der Waals surface area contributed by atoms with Gasteiger partial charge in [0.2, 0.25) is 0 Å². The second kappa shape index (κ2) is 5.36. The van der Waals surface area contributed by atoms with Crippen molar-refractivity contribution in [2.45, 2.75) is 0 Å². The number of benzene rings is 2. The van der Waals surface area contributed by atoms with E-state index in [4.69, 9.17) is 15.2 Å². The van der Waals surface area contributed by atoms with Crippen molar-refractivity contribution in [2.75, 3.05) is 30.9 Å². The molecule has 108 valence electrons. The number of nitrogens with zero attached hydrogens (tertiary/aromatic N) is 1. The van der Waals surface area contributed by atoms with E-state index in [1.54, 1.807) is 23.1 Å². The van der Waals surface area contributed by atoms with Crippen LogP contribution in [0.5, 0.6) is 11.5 Å². The Bertz CT molecular complexity index is 685. The zero-order valence-corrected chi connectivity index (χ0v) is 11.7. The molecule has 0 aliphatic carbocycles. The number of hydrogen-bond acceptors (Lipinski definition) is 4. The predicted molar refractivity (Wildman–Crippen MR) is 81.0 cm³/mol. The minimum atomic E-state index is -0.144. The second-order valence-corrected chi connectivity index (χ2v) is 4.70. The van der Waals surface area contributed by atoms with Crippen molar-refractivity contribution in [3.63, 3.8) is 0 Å². The minimum absolute atomic E-state index is 0.144. The fourth-order valence-electron chi connectivity index (χ4n) is 2.48. The summed E-state index contributed by atoms with van der Waals surface area (Å²) in [7, 11) is 1.51. The van der Waals surface area contributed by atoms with E-state index in [1.165, 1.54) is 7.11 Å². The first-order chi connectivity index (χ1) is 10.2.